The minimum absolute atomic E-state index is 0.108. The number of anilines is 1. The van der Waals surface area contributed by atoms with Gasteiger partial charge in [0.1, 0.15) is 0 Å². The van der Waals surface area contributed by atoms with Crippen LogP contribution in [0.25, 0.3) is 0 Å². The molecule has 24 heavy (non-hydrogen) atoms. The number of ether oxygens (including phenoxy) is 1. The van der Waals surface area contributed by atoms with E-state index in [1.807, 2.05) is 19.1 Å². The van der Waals surface area contributed by atoms with Gasteiger partial charge in [-0.15, -0.1) is 0 Å². The van der Waals surface area contributed by atoms with Crippen molar-refractivity contribution in [3.8, 4) is 5.75 Å². The monoisotopic (exact) mass is 338 g/mol. The van der Waals surface area contributed by atoms with Crippen molar-refractivity contribution in [2.75, 3.05) is 11.9 Å². The molecular weight excluding hydrogens is 322 g/mol. The lowest BCUT2D eigenvalue weighted by atomic mass is 10.0. The van der Waals surface area contributed by atoms with Gasteiger partial charge in [0.15, 0.2) is 0 Å². The second-order valence-electron chi connectivity index (χ2n) is 5.07. The number of benzene rings is 2. The van der Waals surface area contributed by atoms with Gasteiger partial charge < -0.3 is 15.2 Å². The number of nitro groups is 1. The van der Waals surface area contributed by atoms with Crippen LogP contribution >= 0.6 is 0 Å². The van der Waals surface area contributed by atoms with Gasteiger partial charge >= 0.3 is 12.3 Å². The number of rotatable bonds is 7. The molecule has 0 bridgehead atoms. The molecule has 0 radical (unpaired) electrons. The van der Waals surface area contributed by atoms with Crippen LogP contribution in [0.5, 0.6) is 5.75 Å². The van der Waals surface area contributed by atoms with Crippen molar-refractivity contribution in [2.45, 2.75) is 19.6 Å². The molecule has 0 aliphatic carbocycles. The van der Waals surface area contributed by atoms with Gasteiger partial charge in [-0.1, -0.05) is 24.3 Å². The summed E-state index contributed by atoms with van der Waals surface area (Å²) in [5.41, 5.74) is 1.41. The fourth-order valence-corrected chi connectivity index (χ4v) is 2.25. The minimum atomic E-state index is -3.17. The quantitative estimate of drug-likeness (QED) is 0.595. The van der Waals surface area contributed by atoms with E-state index < -0.39 is 29.1 Å². The Morgan fingerprint density at radius 2 is 2.00 bits per heavy atom. The third kappa shape index (κ3) is 4.39. The minimum Gasteiger partial charge on any atom is -0.427 e. The molecule has 2 aromatic rings. The van der Waals surface area contributed by atoms with E-state index in [0.717, 1.165) is 23.3 Å². The van der Waals surface area contributed by atoms with E-state index in [1.165, 1.54) is 6.07 Å². The van der Waals surface area contributed by atoms with Crippen LogP contribution in [0.3, 0.4) is 0 Å². The number of aryl methyl sites for hydroxylation is 1. The second kappa shape index (κ2) is 7.69. The number of hydrogen-bond donors (Lipinski definition) is 2. The molecular formula is C16H16F2N2O4. The Morgan fingerprint density at radius 3 is 2.62 bits per heavy atom. The first-order valence-electron chi connectivity index (χ1n) is 7.09. The first-order chi connectivity index (χ1) is 11.4. The van der Waals surface area contributed by atoms with Crippen LogP contribution in [-0.2, 0) is 0 Å². The standard InChI is InChI=1S/C16H16F2N2O4/c1-10-4-2-3-5-12(10)14(21)9-19-11-6-7-13(20(22)23)15(8-11)24-16(17)18/h2-8,14,16,19,21H,9H2,1H3. The predicted octanol–water partition coefficient (Wildman–Crippen LogP) is 3.65. The summed E-state index contributed by atoms with van der Waals surface area (Å²) in [7, 11) is 0. The molecule has 0 fully saturated rings. The van der Waals surface area contributed by atoms with Crippen LogP contribution in [-0.4, -0.2) is 23.2 Å². The lowest BCUT2D eigenvalue weighted by Crippen LogP contribution is -2.13. The molecule has 0 aliphatic heterocycles. The Kier molecular flexibility index (Phi) is 5.64. The molecule has 0 saturated heterocycles. The zero-order valence-electron chi connectivity index (χ0n) is 12.8. The zero-order chi connectivity index (χ0) is 17.7. The van der Waals surface area contributed by atoms with Crippen LogP contribution in [0, 0.1) is 17.0 Å². The first-order valence-corrected chi connectivity index (χ1v) is 7.09. The van der Waals surface area contributed by atoms with Crippen molar-refractivity contribution < 1.29 is 23.5 Å². The fourth-order valence-electron chi connectivity index (χ4n) is 2.25. The molecule has 0 amide bonds. The number of nitrogens with one attached hydrogen (secondary N) is 1. The maximum atomic E-state index is 12.4. The van der Waals surface area contributed by atoms with E-state index >= 15 is 0 Å². The maximum Gasteiger partial charge on any atom is 0.387 e. The van der Waals surface area contributed by atoms with Gasteiger partial charge in [-0.05, 0) is 24.1 Å². The van der Waals surface area contributed by atoms with Crippen LogP contribution in [0.2, 0.25) is 0 Å². The van der Waals surface area contributed by atoms with Gasteiger partial charge in [0, 0.05) is 24.4 Å². The molecule has 0 heterocycles. The largest absolute Gasteiger partial charge is 0.427 e. The topological polar surface area (TPSA) is 84.6 Å². The molecule has 0 aromatic heterocycles. The molecule has 0 spiro atoms. The lowest BCUT2D eigenvalue weighted by Gasteiger charge is -2.16. The van der Waals surface area contributed by atoms with Crippen molar-refractivity contribution in [3.63, 3.8) is 0 Å². The predicted molar refractivity (Wildman–Crippen MR) is 84.4 cm³/mol. The van der Waals surface area contributed by atoms with Crippen molar-refractivity contribution >= 4 is 11.4 Å². The van der Waals surface area contributed by atoms with Crippen molar-refractivity contribution in [3.05, 3.63) is 63.7 Å². The number of halogens is 2. The summed E-state index contributed by atoms with van der Waals surface area (Å²) < 4.78 is 28.9. The molecule has 1 atom stereocenters. The van der Waals surface area contributed by atoms with Gasteiger partial charge in [-0.25, -0.2) is 0 Å². The highest BCUT2D eigenvalue weighted by Gasteiger charge is 2.19. The number of alkyl halides is 2. The first kappa shape index (κ1) is 17.6. The van der Waals surface area contributed by atoms with Crippen LogP contribution < -0.4 is 10.1 Å². The van der Waals surface area contributed by atoms with Gasteiger partial charge in [-0.2, -0.15) is 8.78 Å². The highest BCUT2D eigenvalue weighted by Crippen LogP contribution is 2.31. The summed E-state index contributed by atoms with van der Waals surface area (Å²) >= 11 is 0. The molecule has 1 unspecified atom stereocenters. The summed E-state index contributed by atoms with van der Waals surface area (Å²) in [5, 5.41) is 23.9. The van der Waals surface area contributed by atoms with Gasteiger partial charge in [-0.3, -0.25) is 10.1 Å². The molecule has 2 aromatic carbocycles. The maximum absolute atomic E-state index is 12.4. The molecule has 2 N–H and O–H groups in total. The van der Waals surface area contributed by atoms with E-state index in [2.05, 4.69) is 10.1 Å². The molecule has 2 rings (SSSR count). The summed E-state index contributed by atoms with van der Waals surface area (Å²) in [5.74, 6) is -0.537. The number of aliphatic hydroxyl groups is 1. The lowest BCUT2D eigenvalue weighted by molar-refractivity contribution is -0.386. The normalized spacial score (nSPS) is 12.0. The fraction of sp³-hybridized carbons (Fsp3) is 0.250. The van der Waals surface area contributed by atoms with Gasteiger partial charge in [0.2, 0.25) is 5.75 Å². The van der Waals surface area contributed by atoms with Crippen molar-refractivity contribution in [2.24, 2.45) is 0 Å². The van der Waals surface area contributed by atoms with Gasteiger partial charge in [0.05, 0.1) is 11.0 Å². The molecule has 0 saturated carbocycles. The van der Waals surface area contributed by atoms with E-state index in [0.29, 0.717) is 5.69 Å². The average molecular weight is 338 g/mol. The Bertz CT molecular complexity index is 725. The summed E-state index contributed by atoms with van der Waals surface area (Å²) in [4.78, 5) is 10.0. The number of nitro benzene ring substituents is 1. The molecule has 128 valence electrons. The third-order valence-electron chi connectivity index (χ3n) is 3.42. The molecule has 6 nitrogen and oxygen atoms in total. The summed E-state index contributed by atoms with van der Waals surface area (Å²) in [6.07, 6.45) is -0.819. The Hall–Kier alpha value is -2.74. The smallest absolute Gasteiger partial charge is 0.387 e. The summed E-state index contributed by atoms with van der Waals surface area (Å²) in [6, 6.07) is 10.8. The average Bonchev–Trinajstić information content (AvgIpc) is 2.52. The van der Waals surface area contributed by atoms with E-state index in [-0.39, 0.29) is 6.54 Å². The van der Waals surface area contributed by atoms with E-state index in [9.17, 15) is 24.0 Å². The third-order valence-corrected chi connectivity index (χ3v) is 3.42. The van der Waals surface area contributed by atoms with Gasteiger partial charge in [0.25, 0.3) is 0 Å². The molecule has 8 heteroatoms. The Labute approximate surface area is 136 Å². The van der Waals surface area contributed by atoms with Crippen molar-refractivity contribution in [1.29, 1.82) is 0 Å². The second-order valence-corrected chi connectivity index (χ2v) is 5.07. The van der Waals surface area contributed by atoms with Crippen LogP contribution in [0.4, 0.5) is 20.2 Å². The van der Waals surface area contributed by atoms with E-state index in [4.69, 9.17) is 0 Å². The van der Waals surface area contributed by atoms with E-state index in [1.54, 1.807) is 12.1 Å². The number of aliphatic hydroxyl groups excluding tert-OH is 1. The van der Waals surface area contributed by atoms with Crippen LogP contribution in [0.1, 0.15) is 17.2 Å². The molecule has 0 aliphatic rings. The number of nitrogens with zero attached hydrogens (tertiary/aromatic N) is 1. The highest BCUT2D eigenvalue weighted by molar-refractivity contribution is 5.58. The highest BCUT2D eigenvalue weighted by atomic mass is 19.3. The van der Waals surface area contributed by atoms with Crippen LogP contribution in [0.15, 0.2) is 42.5 Å². The Balaban J connectivity index is 2.12. The SMILES string of the molecule is Cc1ccccc1C(O)CNc1ccc([N+](=O)[O-])c(OC(F)F)c1. The number of hydrogen-bond acceptors (Lipinski definition) is 5. The summed E-state index contributed by atoms with van der Waals surface area (Å²) in [6.45, 7) is -1.20. The zero-order valence-corrected chi connectivity index (χ0v) is 12.8. The Morgan fingerprint density at radius 1 is 1.29 bits per heavy atom. The van der Waals surface area contributed by atoms with Crippen molar-refractivity contribution in [1.82, 2.24) is 0 Å².